The number of fused-ring (bicyclic) bond motifs is 1. The predicted molar refractivity (Wildman–Crippen MR) is 68.9 cm³/mol. The van der Waals surface area contributed by atoms with Gasteiger partial charge < -0.3 is 10.5 Å². The standard InChI is InChI=1S/C14H26N2O/c1-11-5-6-14(9-11,10-15)16-7-8-17-13-4-2-3-12(13)16/h11-13H,2-10,15H2,1H3. The number of hydrogen-bond acceptors (Lipinski definition) is 3. The fourth-order valence-corrected chi connectivity index (χ4v) is 4.45. The first kappa shape index (κ1) is 11.9. The summed E-state index contributed by atoms with van der Waals surface area (Å²) in [4.78, 5) is 2.75. The molecule has 17 heavy (non-hydrogen) atoms. The molecule has 0 amide bonds. The van der Waals surface area contributed by atoms with Crippen LogP contribution in [0.5, 0.6) is 0 Å². The van der Waals surface area contributed by atoms with Gasteiger partial charge in [0, 0.05) is 24.7 Å². The van der Waals surface area contributed by atoms with Crippen LogP contribution >= 0.6 is 0 Å². The van der Waals surface area contributed by atoms with E-state index in [0.717, 1.165) is 25.6 Å². The minimum Gasteiger partial charge on any atom is -0.375 e. The van der Waals surface area contributed by atoms with Crippen LogP contribution in [0.2, 0.25) is 0 Å². The maximum absolute atomic E-state index is 6.16. The van der Waals surface area contributed by atoms with Crippen molar-refractivity contribution in [2.24, 2.45) is 11.7 Å². The van der Waals surface area contributed by atoms with Crippen molar-refractivity contribution < 1.29 is 4.74 Å². The molecule has 0 aromatic carbocycles. The third kappa shape index (κ3) is 1.92. The number of rotatable bonds is 2. The number of morpholine rings is 1. The lowest BCUT2D eigenvalue weighted by Crippen LogP contribution is -2.61. The summed E-state index contributed by atoms with van der Waals surface area (Å²) in [6.45, 7) is 5.23. The molecule has 1 aliphatic heterocycles. The zero-order valence-corrected chi connectivity index (χ0v) is 11.0. The molecule has 0 bridgehead atoms. The van der Waals surface area contributed by atoms with Crippen molar-refractivity contribution in [3.05, 3.63) is 0 Å². The van der Waals surface area contributed by atoms with Crippen LogP contribution in [0, 0.1) is 5.92 Å². The second kappa shape index (κ2) is 4.52. The molecular formula is C14H26N2O. The van der Waals surface area contributed by atoms with Gasteiger partial charge in [0.05, 0.1) is 12.7 Å². The van der Waals surface area contributed by atoms with E-state index in [1.165, 1.54) is 38.5 Å². The minimum atomic E-state index is 0.302. The quantitative estimate of drug-likeness (QED) is 0.796. The number of nitrogens with two attached hydrogens (primary N) is 1. The van der Waals surface area contributed by atoms with Gasteiger partial charge >= 0.3 is 0 Å². The molecule has 3 aliphatic rings. The summed E-state index contributed by atoms with van der Waals surface area (Å²) >= 11 is 0. The van der Waals surface area contributed by atoms with Crippen LogP contribution in [0.15, 0.2) is 0 Å². The van der Waals surface area contributed by atoms with Gasteiger partial charge in [0.2, 0.25) is 0 Å². The monoisotopic (exact) mass is 238 g/mol. The number of nitrogens with zero attached hydrogens (tertiary/aromatic N) is 1. The van der Waals surface area contributed by atoms with Crippen molar-refractivity contribution in [1.29, 1.82) is 0 Å². The van der Waals surface area contributed by atoms with Gasteiger partial charge in [-0.2, -0.15) is 0 Å². The first-order valence-corrected chi connectivity index (χ1v) is 7.33. The zero-order valence-electron chi connectivity index (χ0n) is 11.0. The Morgan fingerprint density at radius 1 is 1.35 bits per heavy atom. The minimum absolute atomic E-state index is 0.302. The molecule has 0 aromatic rings. The molecule has 2 N–H and O–H groups in total. The maximum atomic E-state index is 6.16. The lowest BCUT2D eigenvalue weighted by Gasteiger charge is -2.49. The van der Waals surface area contributed by atoms with Crippen molar-refractivity contribution in [2.75, 3.05) is 19.7 Å². The Balaban J connectivity index is 1.81. The lowest BCUT2D eigenvalue weighted by molar-refractivity contribution is -0.0968. The van der Waals surface area contributed by atoms with E-state index in [9.17, 15) is 0 Å². The maximum Gasteiger partial charge on any atom is 0.0731 e. The topological polar surface area (TPSA) is 38.5 Å². The average Bonchev–Trinajstić information content (AvgIpc) is 2.95. The molecule has 98 valence electrons. The van der Waals surface area contributed by atoms with E-state index >= 15 is 0 Å². The molecule has 1 heterocycles. The zero-order chi connectivity index (χ0) is 11.9. The largest absolute Gasteiger partial charge is 0.375 e. The molecule has 3 rings (SSSR count). The molecule has 3 nitrogen and oxygen atoms in total. The summed E-state index contributed by atoms with van der Waals surface area (Å²) in [5.41, 5.74) is 6.46. The highest BCUT2D eigenvalue weighted by molar-refractivity contribution is 5.04. The molecule has 3 fully saturated rings. The van der Waals surface area contributed by atoms with E-state index in [1.807, 2.05) is 0 Å². The Hall–Kier alpha value is -0.120. The van der Waals surface area contributed by atoms with Crippen LogP contribution in [0.1, 0.15) is 45.4 Å². The van der Waals surface area contributed by atoms with Gasteiger partial charge in [-0.15, -0.1) is 0 Å². The smallest absolute Gasteiger partial charge is 0.0731 e. The fourth-order valence-electron chi connectivity index (χ4n) is 4.45. The molecular weight excluding hydrogens is 212 g/mol. The van der Waals surface area contributed by atoms with Gasteiger partial charge in [0.25, 0.3) is 0 Å². The Bertz CT molecular complexity index is 283. The summed E-state index contributed by atoms with van der Waals surface area (Å²) in [7, 11) is 0. The summed E-state index contributed by atoms with van der Waals surface area (Å²) in [5.74, 6) is 0.848. The van der Waals surface area contributed by atoms with Crippen molar-refractivity contribution in [3.8, 4) is 0 Å². The van der Waals surface area contributed by atoms with Crippen LogP contribution < -0.4 is 5.73 Å². The van der Waals surface area contributed by atoms with Crippen molar-refractivity contribution in [1.82, 2.24) is 4.90 Å². The Morgan fingerprint density at radius 2 is 2.24 bits per heavy atom. The van der Waals surface area contributed by atoms with Crippen molar-refractivity contribution in [3.63, 3.8) is 0 Å². The van der Waals surface area contributed by atoms with Crippen LogP contribution in [0.4, 0.5) is 0 Å². The van der Waals surface area contributed by atoms with E-state index in [-0.39, 0.29) is 0 Å². The van der Waals surface area contributed by atoms with E-state index in [4.69, 9.17) is 10.5 Å². The van der Waals surface area contributed by atoms with E-state index in [1.54, 1.807) is 0 Å². The third-order valence-electron chi connectivity index (χ3n) is 5.30. The number of hydrogen-bond donors (Lipinski definition) is 1. The van der Waals surface area contributed by atoms with Gasteiger partial charge in [-0.05, 0) is 44.4 Å². The SMILES string of the molecule is CC1CCC(CN)(N2CCOC3CCCC32)C1. The van der Waals surface area contributed by atoms with Gasteiger partial charge in [-0.25, -0.2) is 0 Å². The second-order valence-electron chi connectivity index (χ2n) is 6.38. The number of ether oxygens (including phenoxy) is 1. The summed E-state index contributed by atoms with van der Waals surface area (Å²) < 4.78 is 5.93. The van der Waals surface area contributed by atoms with Crippen LogP contribution in [-0.4, -0.2) is 42.3 Å². The molecule has 4 unspecified atom stereocenters. The summed E-state index contributed by atoms with van der Waals surface area (Å²) in [6.07, 6.45) is 8.37. The molecule has 0 spiro atoms. The second-order valence-corrected chi connectivity index (χ2v) is 6.38. The highest BCUT2D eigenvalue weighted by Crippen LogP contribution is 2.43. The van der Waals surface area contributed by atoms with E-state index in [0.29, 0.717) is 17.7 Å². The van der Waals surface area contributed by atoms with E-state index < -0.39 is 0 Å². The fraction of sp³-hybridized carbons (Fsp3) is 1.00. The van der Waals surface area contributed by atoms with Crippen molar-refractivity contribution >= 4 is 0 Å². The molecule has 1 saturated heterocycles. The molecule has 4 atom stereocenters. The normalized spacial score (nSPS) is 47.3. The Morgan fingerprint density at radius 3 is 2.94 bits per heavy atom. The summed E-state index contributed by atoms with van der Waals surface area (Å²) in [5, 5.41) is 0. The molecule has 0 aromatic heterocycles. The third-order valence-corrected chi connectivity index (χ3v) is 5.30. The lowest BCUT2D eigenvalue weighted by atomic mass is 9.90. The van der Waals surface area contributed by atoms with Crippen molar-refractivity contribution in [2.45, 2.75) is 63.1 Å². The van der Waals surface area contributed by atoms with Gasteiger partial charge in [0.1, 0.15) is 0 Å². The summed E-state index contributed by atoms with van der Waals surface area (Å²) in [6, 6.07) is 0.664. The molecule has 2 saturated carbocycles. The van der Waals surface area contributed by atoms with Gasteiger partial charge in [-0.3, -0.25) is 4.90 Å². The van der Waals surface area contributed by atoms with Crippen LogP contribution in [-0.2, 0) is 4.74 Å². The average molecular weight is 238 g/mol. The Labute approximate surface area is 105 Å². The van der Waals surface area contributed by atoms with Crippen LogP contribution in [0.25, 0.3) is 0 Å². The molecule has 0 radical (unpaired) electrons. The van der Waals surface area contributed by atoms with E-state index in [2.05, 4.69) is 11.8 Å². The first-order valence-electron chi connectivity index (χ1n) is 7.33. The van der Waals surface area contributed by atoms with Gasteiger partial charge in [0.15, 0.2) is 0 Å². The Kier molecular flexibility index (Phi) is 3.18. The highest BCUT2D eigenvalue weighted by atomic mass is 16.5. The molecule has 3 heteroatoms. The highest BCUT2D eigenvalue weighted by Gasteiger charge is 2.48. The van der Waals surface area contributed by atoms with Crippen LogP contribution in [0.3, 0.4) is 0 Å². The van der Waals surface area contributed by atoms with Gasteiger partial charge in [-0.1, -0.05) is 6.92 Å². The first-order chi connectivity index (χ1) is 8.25. The molecule has 2 aliphatic carbocycles. The predicted octanol–water partition coefficient (Wildman–Crippen LogP) is 1.76.